The van der Waals surface area contributed by atoms with E-state index in [-0.39, 0.29) is 18.3 Å². The number of thioether (sulfide) groups is 1. The summed E-state index contributed by atoms with van der Waals surface area (Å²) in [5, 5.41) is 11.4. The molecule has 0 unspecified atom stereocenters. The summed E-state index contributed by atoms with van der Waals surface area (Å²) >= 11 is 1.22. The van der Waals surface area contributed by atoms with Crippen molar-refractivity contribution in [3.05, 3.63) is 65.5 Å². The van der Waals surface area contributed by atoms with Crippen molar-refractivity contribution in [3.8, 4) is 5.75 Å². The van der Waals surface area contributed by atoms with Crippen LogP contribution in [0.4, 0.5) is 5.69 Å². The molecule has 0 saturated carbocycles. The molecule has 0 bridgehead atoms. The van der Waals surface area contributed by atoms with Gasteiger partial charge in [-0.3, -0.25) is 4.79 Å². The van der Waals surface area contributed by atoms with Gasteiger partial charge in [-0.05, 0) is 43.2 Å². The molecule has 0 atom stereocenters. The van der Waals surface area contributed by atoms with Crippen LogP contribution in [0.5, 0.6) is 5.75 Å². The van der Waals surface area contributed by atoms with Gasteiger partial charge >= 0.3 is 0 Å². The average molecular weight is 383 g/mol. The summed E-state index contributed by atoms with van der Waals surface area (Å²) in [4.78, 5) is 12.2. The van der Waals surface area contributed by atoms with Gasteiger partial charge in [-0.2, -0.15) is 0 Å². The molecular weight excluding hydrogens is 362 g/mol. The lowest BCUT2D eigenvalue weighted by atomic mass is 10.1. The first kappa shape index (κ1) is 18.8. The van der Waals surface area contributed by atoms with Crippen LogP contribution >= 0.6 is 11.8 Å². The first-order chi connectivity index (χ1) is 13.0. The fraction of sp³-hybridized carbons (Fsp3) is 0.211. The molecule has 3 N–H and O–H groups in total. The Kier molecular flexibility index (Phi) is 5.97. The molecule has 0 radical (unpaired) electrons. The molecule has 2 aromatic carbocycles. The molecule has 0 aliphatic rings. The van der Waals surface area contributed by atoms with Gasteiger partial charge in [0.1, 0.15) is 12.4 Å². The lowest BCUT2D eigenvalue weighted by Gasteiger charge is -2.09. The summed E-state index contributed by atoms with van der Waals surface area (Å²) in [5.41, 5.74) is 2.92. The number of aryl methyl sites for hydroxylation is 2. The van der Waals surface area contributed by atoms with E-state index in [0.717, 1.165) is 22.6 Å². The monoisotopic (exact) mass is 383 g/mol. The molecule has 3 aromatic rings. The molecule has 140 valence electrons. The number of amides is 1. The molecule has 0 fully saturated rings. The van der Waals surface area contributed by atoms with Crippen LogP contribution in [0.15, 0.2) is 53.7 Å². The third-order valence-electron chi connectivity index (χ3n) is 3.85. The predicted molar refractivity (Wildman–Crippen MR) is 106 cm³/mol. The number of carbonyl (C=O) groups is 1. The van der Waals surface area contributed by atoms with Crippen LogP contribution in [0, 0.1) is 13.8 Å². The number of nitrogens with two attached hydrogens (primary N) is 1. The maximum Gasteiger partial charge on any atom is 0.234 e. The standard InChI is InChI=1S/C19H21N5O2S/c1-13-8-9-14(2)16(10-13)21-18(25)12-27-19-23-22-17(24(19)20)11-26-15-6-4-3-5-7-15/h3-10H,11-12,20H2,1-2H3,(H,21,25). The van der Waals surface area contributed by atoms with Crippen molar-refractivity contribution >= 4 is 23.4 Å². The number of nitrogens with zero attached hydrogens (tertiary/aromatic N) is 3. The highest BCUT2D eigenvalue weighted by molar-refractivity contribution is 7.99. The topological polar surface area (TPSA) is 95.1 Å². The fourth-order valence-electron chi connectivity index (χ4n) is 2.36. The minimum Gasteiger partial charge on any atom is -0.486 e. The summed E-state index contributed by atoms with van der Waals surface area (Å²) < 4.78 is 6.97. The first-order valence-corrected chi connectivity index (χ1v) is 9.38. The van der Waals surface area contributed by atoms with Crippen LogP contribution in [0.1, 0.15) is 17.0 Å². The molecule has 3 rings (SSSR count). The second-order valence-electron chi connectivity index (χ2n) is 6.03. The van der Waals surface area contributed by atoms with E-state index in [2.05, 4.69) is 15.5 Å². The average Bonchev–Trinajstić information content (AvgIpc) is 3.02. The Labute approximate surface area is 161 Å². The number of carbonyl (C=O) groups excluding carboxylic acids is 1. The van der Waals surface area contributed by atoms with Crippen molar-refractivity contribution in [2.75, 3.05) is 16.9 Å². The fourth-order valence-corrected chi connectivity index (χ4v) is 3.03. The van der Waals surface area contributed by atoms with E-state index in [0.29, 0.717) is 11.0 Å². The zero-order chi connectivity index (χ0) is 19.2. The quantitative estimate of drug-likeness (QED) is 0.481. The molecule has 0 spiro atoms. The van der Waals surface area contributed by atoms with Crippen molar-refractivity contribution in [3.63, 3.8) is 0 Å². The van der Waals surface area contributed by atoms with Crippen LogP contribution in [0.25, 0.3) is 0 Å². The maximum atomic E-state index is 12.2. The number of nitrogen functional groups attached to an aromatic ring is 1. The summed E-state index contributed by atoms with van der Waals surface area (Å²) in [6, 6.07) is 15.3. The van der Waals surface area contributed by atoms with Gasteiger partial charge in [0.05, 0.1) is 5.75 Å². The molecule has 1 heterocycles. The Morgan fingerprint density at radius 2 is 1.96 bits per heavy atom. The minimum absolute atomic E-state index is 0.126. The molecular formula is C19H21N5O2S. The number of hydrogen-bond acceptors (Lipinski definition) is 6. The Morgan fingerprint density at radius 3 is 2.74 bits per heavy atom. The smallest absolute Gasteiger partial charge is 0.234 e. The van der Waals surface area contributed by atoms with Gasteiger partial charge in [-0.25, -0.2) is 4.68 Å². The lowest BCUT2D eigenvalue weighted by Crippen LogP contribution is -2.18. The van der Waals surface area contributed by atoms with Crippen molar-refractivity contribution in [1.29, 1.82) is 0 Å². The number of hydrogen-bond donors (Lipinski definition) is 2. The van der Waals surface area contributed by atoms with Gasteiger partial charge < -0.3 is 15.9 Å². The second kappa shape index (κ2) is 8.59. The van der Waals surface area contributed by atoms with E-state index in [4.69, 9.17) is 10.6 Å². The van der Waals surface area contributed by atoms with E-state index < -0.39 is 0 Å². The Balaban J connectivity index is 1.54. The Morgan fingerprint density at radius 1 is 1.19 bits per heavy atom. The zero-order valence-electron chi connectivity index (χ0n) is 15.2. The van der Waals surface area contributed by atoms with Gasteiger partial charge in [-0.1, -0.05) is 42.1 Å². The van der Waals surface area contributed by atoms with Gasteiger partial charge in [-0.15, -0.1) is 10.2 Å². The normalized spacial score (nSPS) is 10.6. The number of para-hydroxylation sites is 1. The SMILES string of the molecule is Cc1ccc(C)c(NC(=O)CSc2nnc(COc3ccccc3)n2N)c1. The number of nitrogens with one attached hydrogen (secondary N) is 1. The maximum absolute atomic E-state index is 12.2. The highest BCUT2D eigenvalue weighted by atomic mass is 32.2. The highest BCUT2D eigenvalue weighted by Gasteiger charge is 2.13. The molecule has 27 heavy (non-hydrogen) atoms. The molecule has 0 saturated heterocycles. The van der Waals surface area contributed by atoms with E-state index in [9.17, 15) is 4.79 Å². The third kappa shape index (κ3) is 5.01. The summed E-state index contributed by atoms with van der Waals surface area (Å²) in [6.07, 6.45) is 0. The minimum atomic E-state index is -0.126. The van der Waals surface area contributed by atoms with Gasteiger partial charge in [0.25, 0.3) is 0 Å². The zero-order valence-corrected chi connectivity index (χ0v) is 16.0. The largest absolute Gasteiger partial charge is 0.486 e. The molecule has 7 nitrogen and oxygen atoms in total. The Bertz CT molecular complexity index is 927. The van der Waals surface area contributed by atoms with Gasteiger partial charge in [0.15, 0.2) is 5.82 Å². The van der Waals surface area contributed by atoms with Crippen LogP contribution in [-0.2, 0) is 11.4 Å². The first-order valence-electron chi connectivity index (χ1n) is 8.40. The lowest BCUT2D eigenvalue weighted by molar-refractivity contribution is -0.113. The Hall–Kier alpha value is -3.00. The van der Waals surface area contributed by atoms with E-state index in [1.165, 1.54) is 16.4 Å². The van der Waals surface area contributed by atoms with Crippen LogP contribution < -0.4 is 15.9 Å². The van der Waals surface area contributed by atoms with Gasteiger partial charge in [0.2, 0.25) is 11.1 Å². The molecule has 8 heteroatoms. The van der Waals surface area contributed by atoms with E-state index in [1.807, 2.05) is 62.4 Å². The molecule has 1 aromatic heterocycles. The molecule has 0 aliphatic heterocycles. The summed E-state index contributed by atoms with van der Waals surface area (Å²) in [6.45, 7) is 4.14. The molecule has 1 amide bonds. The summed E-state index contributed by atoms with van der Waals surface area (Å²) in [5.74, 6) is 7.27. The van der Waals surface area contributed by atoms with E-state index in [1.54, 1.807) is 0 Å². The predicted octanol–water partition coefficient (Wildman–Crippen LogP) is 2.92. The number of ether oxygens (including phenoxy) is 1. The highest BCUT2D eigenvalue weighted by Crippen LogP contribution is 2.19. The number of anilines is 1. The summed E-state index contributed by atoms with van der Waals surface area (Å²) in [7, 11) is 0. The van der Waals surface area contributed by atoms with E-state index >= 15 is 0 Å². The van der Waals surface area contributed by atoms with Crippen molar-refractivity contribution in [2.45, 2.75) is 25.6 Å². The van der Waals surface area contributed by atoms with Crippen molar-refractivity contribution in [1.82, 2.24) is 14.9 Å². The van der Waals surface area contributed by atoms with Crippen molar-refractivity contribution in [2.24, 2.45) is 0 Å². The number of aromatic nitrogens is 3. The van der Waals surface area contributed by atoms with Crippen LogP contribution in [0.3, 0.4) is 0 Å². The van der Waals surface area contributed by atoms with Gasteiger partial charge in [0, 0.05) is 5.69 Å². The van der Waals surface area contributed by atoms with Crippen LogP contribution in [0.2, 0.25) is 0 Å². The number of benzene rings is 2. The molecule has 0 aliphatic carbocycles. The number of rotatable bonds is 7. The third-order valence-corrected chi connectivity index (χ3v) is 4.79. The second-order valence-corrected chi connectivity index (χ2v) is 6.97. The van der Waals surface area contributed by atoms with Crippen LogP contribution in [-0.4, -0.2) is 26.5 Å². The van der Waals surface area contributed by atoms with Crippen molar-refractivity contribution < 1.29 is 9.53 Å².